The molecule has 0 unspecified atom stereocenters. The molecule has 1 fully saturated rings. The molecule has 5 rings (SSSR count). The first-order valence-electron chi connectivity index (χ1n) is 16.9. The van der Waals surface area contributed by atoms with Crippen LogP contribution in [0.5, 0.6) is 5.75 Å². The van der Waals surface area contributed by atoms with E-state index in [-0.39, 0.29) is 60.3 Å². The fourth-order valence-electron chi connectivity index (χ4n) is 6.64. The molecule has 3 aromatic rings. The van der Waals surface area contributed by atoms with Crippen LogP contribution in [-0.4, -0.2) is 60.7 Å². The van der Waals surface area contributed by atoms with Gasteiger partial charge >= 0.3 is 19.7 Å². The molecule has 0 atom stereocenters. The third-order valence-corrected chi connectivity index (χ3v) is 11.0. The van der Waals surface area contributed by atoms with Gasteiger partial charge in [0.05, 0.1) is 55.9 Å². The van der Waals surface area contributed by atoms with Gasteiger partial charge in [0.2, 0.25) is 5.95 Å². The van der Waals surface area contributed by atoms with Gasteiger partial charge in [-0.05, 0) is 87.3 Å². The SMILES string of the molecule is CCOC(=O)[C@H]1CC[C@H](c2ccc(Nc3nc(Nc4ccc(CP(=O)(OCC)OCC)cc4OC)ncc3C(F)(F)F)c3c2CN(C)C3=O)CC1. The maximum atomic E-state index is 14.3. The number of aromatic nitrogens is 2. The number of nitrogens with one attached hydrogen (secondary N) is 2. The second-order valence-electron chi connectivity index (χ2n) is 12.4. The maximum absolute atomic E-state index is 14.3. The zero-order chi connectivity index (χ0) is 36.9. The Balaban J connectivity index is 1.43. The molecule has 2 aliphatic rings. The largest absolute Gasteiger partial charge is 0.495 e. The lowest BCUT2D eigenvalue weighted by molar-refractivity contribution is -0.149. The number of anilines is 4. The Morgan fingerprint density at radius 2 is 1.69 bits per heavy atom. The second kappa shape index (κ2) is 16.0. The zero-order valence-electron chi connectivity index (χ0n) is 29.3. The number of fused-ring (bicyclic) bond motifs is 1. The fourth-order valence-corrected chi connectivity index (χ4v) is 8.33. The van der Waals surface area contributed by atoms with Crippen LogP contribution < -0.4 is 15.4 Å². The van der Waals surface area contributed by atoms with Gasteiger partial charge in [-0.3, -0.25) is 14.2 Å². The van der Waals surface area contributed by atoms with E-state index in [1.54, 1.807) is 52.1 Å². The molecule has 12 nitrogen and oxygen atoms in total. The van der Waals surface area contributed by atoms with Gasteiger partial charge in [-0.1, -0.05) is 12.1 Å². The number of ether oxygens (including phenoxy) is 2. The number of nitrogens with zero attached hydrogens (tertiary/aromatic N) is 3. The highest BCUT2D eigenvalue weighted by Crippen LogP contribution is 2.52. The summed E-state index contributed by atoms with van der Waals surface area (Å²) >= 11 is 0. The van der Waals surface area contributed by atoms with Crippen molar-refractivity contribution in [3.63, 3.8) is 0 Å². The molecule has 2 N–H and O–H groups in total. The van der Waals surface area contributed by atoms with Crippen LogP contribution in [0.15, 0.2) is 36.5 Å². The number of benzene rings is 2. The summed E-state index contributed by atoms with van der Waals surface area (Å²) < 4.78 is 77.3. The van der Waals surface area contributed by atoms with E-state index in [9.17, 15) is 27.3 Å². The lowest BCUT2D eigenvalue weighted by atomic mass is 9.77. The van der Waals surface area contributed by atoms with Crippen LogP contribution in [0.2, 0.25) is 0 Å². The Morgan fingerprint density at radius 1 is 1.00 bits per heavy atom. The Hall–Kier alpha value is -4.20. The predicted molar refractivity (Wildman–Crippen MR) is 185 cm³/mol. The molecule has 276 valence electrons. The topological polar surface area (TPSA) is 141 Å². The van der Waals surface area contributed by atoms with E-state index in [0.29, 0.717) is 49.2 Å². The van der Waals surface area contributed by atoms with E-state index in [0.717, 1.165) is 24.0 Å². The molecule has 0 radical (unpaired) electrons. The third kappa shape index (κ3) is 8.65. The number of alkyl halides is 3. The molecule has 1 aliphatic heterocycles. The molecule has 2 heterocycles. The fraction of sp³-hybridized carbons (Fsp3) is 0.486. The van der Waals surface area contributed by atoms with Crippen molar-refractivity contribution in [3.05, 3.63) is 64.3 Å². The van der Waals surface area contributed by atoms with E-state index in [2.05, 4.69) is 20.6 Å². The summed E-state index contributed by atoms with van der Waals surface area (Å²) in [6, 6.07) is 8.34. The summed E-state index contributed by atoms with van der Waals surface area (Å²) in [4.78, 5) is 35.3. The van der Waals surface area contributed by atoms with Crippen molar-refractivity contribution in [1.82, 2.24) is 14.9 Å². The summed E-state index contributed by atoms with van der Waals surface area (Å²) in [5.41, 5.74) is 1.99. The highest BCUT2D eigenvalue weighted by Gasteiger charge is 2.38. The lowest BCUT2D eigenvalue weighted by Gasteiger charge is -2.29. The Labute approximate surface area is 295 Å². The van der Waals surface area contributed by atoms with Crippen LogP contribution in [0, 0.1) is 5.92 Å². The molecule has 1 amide bonds. The van der Waals surface area contributed by atoms with E-state index < -0.39 is 25.2 Å². The number of methoxy groups -OCH3 is 1. The van der Waals surface area contributed by atoms with Crippen molar-refractivity contribution in [2.75, 3.05) is 44.6 Å². The average molecular weight is 734 g/mol. The summed E-state index contributed by atoms with van der Waals surface area (Å²) in [5.74, 6) is -1.01. The summed E-state index contributed by atoms with van der Waals surface area (Å²) in [6.07, 6.45) is -1.39. The molecular formula is C35H43F3N5O7P. The van der Waals surface area contributed by atoms with Gasteiger partial charge in [-0.15, -0.1) is 0 Å². The summed E-state index contributed by atoms with van der Waals surface area (Å²) in [5, 5.41) is 5.71. The van der Waals surface area contributed by atoms with Crippen LogP contribution in [0.1, 0.15) is 85.0 Å². The van der Waals surface area contributed by atoms with Gasteiger partial charge in [0.15, 0.2) is 0 Å². The van der Waals surface area contributed by atoms with Gasteiger partial charge < -0.3 is 34.1 Å². The van der Waals surface area contributed by atoms with Crippen molar-refractivity contribution >= 4 is 42.6 Å². The van der Waals surface area contributed by atoms with Crippen LogP contribution in [0.25, 0.3) is 0 Å². The lowest BCUT2D eigenvalue weighted by Crippen LogP contribution is -2.23. The number of carbonyl (C=O) groups is 2. The smallest absolute Gasteiger partial charge is 0.421 e. The van der Waals surface area contributed by atoms with Crippen molar-refractivity contribution < 1.29 is 45.8 Å². The minimum atomic E-state index is -4.81. The first kappa shape index (κ1) is 38.0. The monoisotopic (exact) mass is 733 g/mol. The summed E-state index contributed by atoms with van der Waals surface area (Å²) in [7, 11) is -0.347. The second-order valence-corrected chi connectivity index (χ2v) is 14.4. The molecule has 0 saturated heterocycles. The molecule has 1 aliphatic carbocycles. The number of carbonyl (C=O) groups excluding carboxylic acids is 2. The molecular weight excluding hydrogens is 690 g/mol. The van der Waals surface area contributed by atoms with Crippen LogP contribution >= 0.6 is 7.60 Å². The van der Waals surface area contributed by atoms with Crippen molar-refractivity contribution in [1.29, 1.82) is 0 Å². The standard InChI is InChI=1S/C35H43F3N5O7P/c1-6-48-33(45)23-12-10-22(11-13-23)24-14-16-28(30-25(24)19-43(4)32(30)44)40-31-26(35(36,37)38)18-39-34(42-31)41-27-15-9-21(17-29(27)47-5)20-51(46,49-7-2)50-8-3/h9,14-18,22-23H,6-8,10-13,19-20H2,1-5H3,(H2,39,40,41,42)/t22-,23-. The Kier molecular flexibility index (Phi) is 11.9. The van der Waals surface area contributed by atoms with Crippen LogP contribution in [-0.2, 0) is 42.0 Å². The maximum Gasteiger partial charge on any atom is 0.421 e. The molecule has 0 bridgehead atoms. The van der Waals surface area contributed by atoms with Gasteiger partial charge in [0, 0.05) is 19.8 Å². The molecule has 51 heavy (non-hydrogen) atoms. The molecule has 1 aromatic heterocycles. The van der Waals surface area contributed by atoms with E-state index in [4.69, 9.17) is 18.5 Å². The van der Waals surface area contributed by atoms with Crippen molar-refractivity contribution in [2.45, 2.75) is 71.3 Å². The van der Waals surface area contributed by atoms with Crippen molar-refractivity contribution in [3.8, 4) is 5.75 Å². The quantitative estimate of drug-likeness (QED) is 0.122. The number of rotatable bonds is 14. The van der Waals surface area contributed by atoms with E-state index >= 15 is 0 Å². The van der Waals surface area contributed by atoms with Gasteiger partial charge in [0.25, 0.3) is 5.91 Å². The third-order valence-electron chi connectivity index (χ3n) is 8.98. The number of esters is 1. The highest BCUT2D eigenvalue weighted by molar-refractivity contribution is 7.53. The minimum Gasteiger partial charge on any atom is -0.495 e. The highest BCUT2D eigenvalue weighted by atomic mass is 31.2. The van der Waals surface area contributed by atoms with Crippen molar-refractivity contribution in [2.24, 2.45) is 5.92 Å². The van der Waals surface area contributed by atoms with Gasteiger partial charge in [0.1, 0.15) is 17.1 Å². The first-order chi connectivity index (χ1) is 24.3. The Bertz CT molecular complexity index is 1790. The van der Waals surface area contributed by atoms with Gasteiger partial charge in [-0.25, -0.2) is 4.98 Å². The normalized spacial score (nSPS) is 17.6. The zero-order valence-corrected chi connectivity index (χ0v) is 30.2. The molecule has 16 heteroatoms. The average Bonchev–Trinajstić information content (AvgIpc) is 3.39. The number of halogens is 3. The summed E-state index contributed by atoms with van der Waals surface area (Å²) in [6.45, 7) is 6.24. The predicted octanol–water partition coefficient (Wildman–Crippen LogP) is 8.18. The molecule has 1 saturated carbocycles. The number of hydrogen-bond acceptors (Lipinski definition) is 11. The molecule has 0 spiro atoms. The molecule has 2 aromatic carbocycles. The van der Waals surface area contributed by atoms with E-state index in [1.165, 1.54) is 12.0 Å². The van der Waals surface area contributed by atoms with Gasteiger partial charge in [-0.2, -0.15) is 18.2 Å². The van der Waals surface area contributed by atoms with Crippen LogP contribution in [0.3, 0.4) is 0 Å². The van der Waals surface area contributed by atoms with E-state index in [1.807, 2.05) is 6.07 Å². The minimum absolute atomic E-state index is 0.0119. The number of amides is 1. The Morgan fingerprint density at radius 3 is 2.31 bits per heavy atom. The van der Waals surface area contributed by atoms with Crippen LogP contribution in [0.4, 0.5) is 36.3 Å². The number of hydrogen-bond donors (Lipinski definition) is 2. The first-order valence-corrected chi connectivity index (χ1v) is 18.6.